The number of nitrogens with two attached hydrogens (primary N) is 1. The van der Waals surface area contributed by atoms with Crippen LogP contribution >= 0.6 is 0 Å². The molecule has 5 nitrogen and oxygen atoms in total. The van der Waals surface area contributed by atoms with Gasteiger partial charge < -0.3 is 20.7 Å². The van der Waals surface area contributed by atoms with E-state index in [4.69, 9.17) is 10.9 Å². The third-order valence-electron chi connectivity index (χ3n) is 3.65. The van der Waals surface area contributed by atoms with E-state index in [9.17, 15) is 13.2 Å². The molecule has 1 rings (SSSR count). The zero-order valence-electron chi connectivity index (χ0n) is 11.2. The first-order chi connectivity index (χ1) is 8.75. The van der Waals surface area contributed by atoms with Crippen LogP contribution in [0.3, 0.4) is 0 Å². The summed E-state index contributed by atoms with van der Waals surface area (Å²) in [5.41, 5.74) is 5.15. The van der Waals surface area contributed by atoms with Gasteiger partial charge in [-0.15, -0.1) is 0 Å². The lowest BCUT2D eigenvalue weighted by atomic mass is 10.0. The van der Waals surface area contributed by atoms with Crippen LogP contribution in [0.1, 0.15) is 12.8 Å². The highest BCUT2D eigenvalue weighted by Crippen LogP contribution is 2.28. The first-order valence-corrected chi connectivity index (χ1v) is 6.18. The SMILES string of the molecule is CN1CCC(N(C)CC(C(N)=NO)C(F)(F)F)CC1. The van der Waals surface area contributed by atoms with E-state index >= 15 is 0 Å². The molecule has 1 heterocycles. The number of halogens is 3. The lowest BCUT2D eigenvalue weighted by Gasteiger charge is -2.36. The summed E-state index contributed by atoms with van der Waals surface area (Å²) in [5.74, 6) is -2.71. The van der Waals surface area contributed by atoms with Crippen LogP contribution in [-0.2, 0) is 0 Å². The predicted octanol–water partition coefficient (Wildman–Crippen LogP) is 0.937. The summed E-state index contributed by atoms with van der Waals surface area (Å²) in [6, 6.07) is 0.104. The van der Waals surface area contributed by atoms with Gasteiger partial charge in [-0.05, 0) is 40.0 Å². The van der Waals surface area contributed by atoms with Gasteiger partial charge >= 0.3 is 6.18 Å². The fourth-order valence-electron chi connectivity index (χ4n) is 2.31. The first kappa shape index (κ1) is 16.0. The number of amidine groups is 1. The van der Waals surface area contributed by atoms with Gasteiger partial charge in [0.1, 0.15) is 5.92 Å². The van der Waals surface area contributed by atoms with Crippen LogP contribution in [0.25, 0.3) is 0 Å². The van der Waals surface area contributed by atoms with Crippen molar-refractivity contribution in [2.75, 3.05) is 33.7 Å². The molecule has 1 saturated heterocycles. The van der Waals surface area contributed by atoms with Gasteiger partial charge in [-0.2, -0.15) is 13.2 Å². The van der Waals surface area contributed by atoms with E-state index in [-0.39, 0.29) is 12.6 Å². The summed E-state index contributed by atoms with van der Waals surface area (Å²) in [6.45, 7) is 1.46. The highest BCUT2D eigenvalue weighted by molar-refractivity contribution is 5.83. The zero-order chi connectivity index (χ0) is 14.6. The van der Waals surface area contributed by atoms with Gasteiger partial charge in [0.15, 0.2) is 5.84 Å². The molecule has 0 aromatic heterocycles. The summed E-state index contributed by atoms with van der Waals surface area (Å²) in [4.78, 5) is 3.80. The molecule has 0 spiro atoms. The second-order valence-corrected chi connectivity index (χ2v) is 5.09. The molecule has 0 aliphatic carbocycles. The Balaban J connectivity index is 2.64. The number of alkyl halides is 3. The normalized spacial score (nSPS) is 21.9. The van der Waals surface area contributed by atoms with Crippen molar-refractivity contribution in [1.29, 1.82) is 0 Å². The van der Waals surface area contributed by atoms with Crippen LogP contribution in [0.4, 0.5) is 13.2 Å². The van der Waals surface area contributed by atoms with E-state index in [0.717, 1.165) is 25.9 Å². The molecule has 1 aliphatic heterocycles. The fourth-order valence-corrected chi connectivity index (χ4v) is 2.31. The van der Waals surface area contributed by atoms with Crippen molar-refractivity contribution >= 4 is 5.84 Å². The average Bonchev–Trinajstić information content (AvgIpc) is 2.34. The average molecular weight is 282 g/mol. The molecule has 0 amide bonds. The van der Waals surface area contributed by atoms with Crippen molar-refractivity contribution < 1.29 is 18.4 Å². The minimum absolute atomic E-state index is 0.104. The molecule has 1 atom stereocenters. The highest BCUT2D eigenvalue weighted by atomic mass is 19.4. The largest absolute Gasteiger partial charge is 0.409 e. The molecule has 1 unspecified atom stereocenters. The van der Waals surface area contributed by atoms with E-state index < -0.39 is 17.9 Å². The summed E-state index contributed by atoms with van der Waals surface area (Å²) in [6.07, 6.45) is -2.85. The van der Waals surface area contributed by atoms with Gasteiger partial charge in [0.05, 0.1) is 0 Å². The molecular formula is C11H21F3N4O. The molecule has 112 valence electrons. The van der Waals surface area contributed by atoms with Gasteiger partial charge in [0.2, 0.25) is 0 Å². The van der Waals surface area contributed by atoms with E-state index in [2.05, 4.69) is 10.1 Å². The van der Waals surface area contributed by atoms with Crippen molar-refractivity contribution in [3.63, 3.8) is 0 Å². The minimum atomic E-state index is -4.50. The number of oxime groups is 1. The fraction of sp³-hybridized carbons (Fsp3) is 0.909. The summed E-state index contributed by atoms with van der Waals surface area (Å²) in [5, 5.41) is 11.0. The van der Waals surface area contributed by atoms with E-state index in [1.165, 1.54) is 0 Å². The number of hydrogen-bond donors (Lipinski definition) is 2. The van der Waals surface area contributed by atoms with Crippen LogP contribution < -0.4 is 5.73 Å². The maximum absolute atomic E-state index is 12.8. The quantitative estimate of drug-likeness (QED) is 0.348. The topological polar surface area (TPSA) is 65.1 Å². The molecule has 1 fully saturated rings. The Morgan fingerprint density at radius 2 is 2.00 bits per heavy atom. The van der Waals surface area contributed by atoms with Crippen molar-refractivity contribution in [1.82, 2.24) is 9.80 Å². The summed E-state index contributed by atoms with van der Waals surface area (Å²) >= 11 is 0. The third-order valence-corrected chi connectivity index (χ3v) is 3.65. The van der Waals surface area contributed by atoms with Gasteiger partial charge in [0, 0.05) is 12.6 Å². The molecule has 0 aromatic rings. The standard InChI is InChI=1S/C11H21F3N4O/c1-17-5-3-8(4-6-17)18(2)7-9(10(15)16-19)11(12,13)14/h8-9,19H,3-7H2,1-2H3,(H2,15,16). The monoisotopic (exact) mass is 282 g/mol. The Kier molecular flexibility index (Phi) is 5.42. The Morgan fingerprint density at radius 1 is 1.47 bits per heavy atom. The molecule has 0 radical (unpaired) electrons. The number of nitrogens with zero attached hydrogens (tertiary/aromatic N) is 3. The minimum Gasteiger partial charge on any atom is -0.409 e. The zero-order valence-corrected chi connectivity index (χ0v) is 11.2. The van der Waals surface area contributed by atoms with Gasteiger partial charge in [-0.25, -0.2) is 0 Å². The lowest BCUT2D eigenvalue weighted by molar-refractivity contribution is -0.161. The summed E-state index contributed by atoms with van der Waals surface area (Å²) < 4.78 is 38.5. The Hall–Kier alpha value is -1.02. The van der Waals surface area contributed by atoms with Gasteiger partial charge in [-0.3, -0.25) is 0 Å². The van der Waals surface area contributed by atoms with Crippen LogP contribution in [0.5, 0.6) is 0 Å². The number of rotatable bonds is 4. The van der Waals surface area contributed by atoms with Crippen LogP contribution in [-0.4, -0.2) is 66.8 Å². The maximum Gasteiger partial charge on any atom is 0.400 e. The molecule has 0 saturated carbocycles. The number of piperidine rings is 1. The molecular weight excluding hydrogens is 261 g/mol. The number of hydrogen-bond acceptors (Lipinski definition) is 4. The van der Waals surface area contributed by atoms with Gasteiger partial charge in [0.25, 0.3) is 0 Å². The molecule has 3 N–H and O–H groups in total. The second-order valence-electron chi connectivity index (χ2n) is 5.09. The first-order valence-electron chi connectivity index (χ1n) is 6.18. The third kappa shape index (κ3) is 4.54. The highest BCUT2D eigenvalue weighted by Gasteiger charge is 2.44. The van der Waals surface area contributed by atoms with Crippen LogP contribution in [0.15, 0.2) is 5.16 Å². The van der Waals surface area contributed by atoms with E-state index in [1.54, 1.807) is 11.9 Å². The molecule has 8 heteroatoms. The smallest absolute Gasteiger partial charge is 0.400 e. The van der Waals surface area contributed by atoms with Crippen molar-refractivity contribution in [3.05, 3.63) is 0 Å². The van der Waals surface area contributed by atoms with Crippen molar-refractivity contribution in [3.8, 4) is 0 Å². The molecule has 1 aliphatic rings. The van der Waals surface area contributed by atoms with Crippen molar-refractivity contribution in [2.24, 2.45) is 16.8 Å². The molecule has 0 bridgehead atoms. The number of likely N-dealkylation sites (tertiary alicyclic amines) is 1. The molecule has 0 aromatic carbocycles. The Bertz CT molecular complexity index is 314. The lowest BCUT2D eigenvalue weighted by Crippen LogP contribution is -2.48. The van der Waals surface area contributed by atoms with Gasteiger partial charge in [-0.1, -0.05) is 5.16 Å². The maximum atomic E-state index is 12.8. The molecule has 19 heavy (non-hydrogen) atoms. The Labute approximate surface area is 110 Å². The van der Waals surface area contributed by atoms with Crippen molar-refractivity contribution in [2.45, 2.75) is 25.1 Å². The van der Waals surface area contributed by atoms with Crippen LogP contribution in [0.2, 0.25) is 0 Å². The Morgan fingerprint density at radius 3 is 2.42 bits per heavy atom. The second kappa shape index (κ2) is 6.42. The summed E-state index contributed by atoms with van der Waals surface area (Å²) in [7, 11) is 3.64. The van der Waals surface area contributed by atoms with Crippen LogP contribution in [0, 0.1) is 5.92 Å². The predicted molar refractivity (Wildman–Crippen MR) is 66.1 cm³/mol. The van der Waals surface area contributed by atoms with E-state index in [0.29, 0.717) is 0 Å². The van der Waals surface area contributed by atoms with E-state index in [1.807, 2.05) is 7.05 Å².